The second-order valence-corrected chi connectivity index (χ2v) is 8.16. The van der Waals surface area contributed by atoms with Crippen LogP contribution in [-0.4, -0.2) is 34.7 Å². The standard InChI is InChI=1S/C24H28ClFN4O2S/c1-4-31-21-9-6-17(13-22(21)32-5-2)10-11-27-24(33)28-23-12-16(3)30(29-23)15-18-7-8-19(26)14-20(18)25/h6-9,12-14H,4-5,10-11,15H2,1-3H3,(H2,27,28,29,33). The van der Waals surface area contributed by atoms with Crippen LogP contribution in [0.4, 0.5) is 10.2 Å². The quantitative estimate of drug-likeness (QED) is 0.373. The number of rotatable bonds is 10. The van der Waals surface area contributed by atoms with Gasteiger partial charge in [0.05, 0.1) is 19.8 Å². The first-order valence-electron chi connectivity index (χ1n) is 10.8. The van der Waals surface area contributed by atoms with Crippen molar-refractivity contribution in [3.8, 4) is 11.5 Å². The number of anilines is 1. The van der Waals surface area contributed by atoms with Crippen molar-refractivity contribution < 1.29 is 13.9 Å². The number of nitrogens with zero attached hydrogens (tertiary/aromatic N) is 2. The van der Waals surface area contributed by atoms with Crippen molar-refractivity contribution in [1.82, 2.24) is 15.1 Å². The second kappa shape index (κ2) is 11.9. The van der Waals surface area contributed by atoms with Crippen LogP contribution in [0.3, 0.4) is 0 Å². The predicted molar refractivity (Wildman–Crippen MR) is 134 cm³/mol. The molecule has 0 unspecified atom stereocenters. The van der Waals surface area contributed by atoms with E-state index in [4.69, 9.17) is 33.3 Å². The first-order chi connectivity index (χ1) is 15.9. The molecule has 0 amide bonds. The maximum atomic E-state index is 13.3. The van der Waals surface area contributed by atoms with Crippen LogP contribution in [-0.2, 0) is 13.0 Å². The van der Waals surface area contributed by atoms with Gasteiger partial charge in [0.25, 0.3) is 0 Å². The summed E-state index contributed by atoms with van der Waals surface area (Å²) in [6.07, 6.45) is 0.769. The largest absolute Gasteiger partial charge is 0.490 e. The Kier molecular flexibility index (Phi) is 8.91. The number of hydrogen-bond donors (Lipinski definition) is 2. The fraction of sp³-hybridized carbons (Fsp3) is 0.333. The van der Waals surface area contributed by atoms with Gasteiger partial charge < -0.3 is 20.1 Å². The maximum absolute atomic E-state index is 13.3. The third-order valence-electron chi connectivity index (χ3n) is 4.87. The molecule has 0 aliphatic heterocycles. The monoisotopic (exact) mass is 490 g/mol. The molecule has 2 aromatic carbocycles. The summed E-state index contributed by atoms with van der Waals surface area (Å²) in [5.41, 5.74) is 2.84. The number of benzene rings is 2. The topological polar surface area (TPSA) is 60.3 Å². The number of aromatic nitrogens is 2. The van der Waals surface area contributed by atoms with E-state index in [0.29, 0.717) is 42.3 Å². The average molecular weight is 491 g/mol. The zero-order chi connectivity index (χ0) is 23.8. The summed E-state index contributed by atoms with van der Waals surface area (Å²) in [6.45, 7) is 8.09. The van der Waals surface area contributed by atoms with Gasteiger partial charge >= 0.3 is 0 Å². The van der Waals surface area contributed by atoms with Crippen molar-refractivity contribution in [2.75, 3.05) is 25.1 Å². The van der Waals surface area contributed by atoms with Crippen LogP contribution in [0.1, 0.15) is 30.7 Å². The highest BCUT2D eigenvalue weighted by Gasteiger charge is 2.10. The van der Waals surface area contributed by atoms with Crippen LogP contribution >= 0.6 is 23.8 Å². The molecule has 0 aliphatic carbocycles. The molecule has 2 N–H and O–H groups in total. The third kappa shape index (κ3) is 7.07. The highest BCUT2D eigenvalue weighted by molar-refractivity contribution is 7.80. The number of hydrogen-bond acceptors (Lipinski definition) is 4. The van der Waals surface area contributed by atoms with Crippen molar-refractivity contribution in [3.63, 3.8) is 0 Å². The minimum absolute atomic E-state index is 0.362. The van der Waals surface area contributed by atoms with Gasteiger partial charge in [-0.05, 0) is 74.8 Å². The van der Waals surface area contributed by atoms with Crippen molar-refractivity contribution in [3.05, 3.63) is 70.1 Å². The van der Waals surface area contributed by atoms with Gasteiger partial charge in [0.1, 0.15) is 5.82 Å². The van der Waals surface area contributed by atoms with E-state index in [9.17, 15) is 4.39 Å². The summed E-state index contributed by atoms with van der Waals surface area (Å²) in [5.74, 6) is 1.77. The first kappa shape index (κ1) is 24.8. The van der Waals surface area contributed by atoms with Crippen LogP contribution in [0.15, 0.2) is 42.5 Å². The van der Waals surface area contributed by atoms with E-state index < -0.39 is 0 Å². The molecule has 3 rings (SSSR count). The Morgan fingerprint density at radius 1 is 1.09 bits per heavy atom. The lowest BCUT2D eigenvalue weighted by Gasteiger charge is -2.13. The van der Waals surface area contributed by atoms with Crippen LogP contribution in [0.5, 0.6) is 11.5 Å². The van der Waals surface area contributed by atoms with Crippen LogP contribution < -0.4 is 20.1 Å². The third-order valence-corrected chi connectivity index (χ3v) is 5.46. The van der Waals surface area contributed by atoms with E-state index >= 15 is 0 Å². The normalized spacial score (nSPS) is 10.7. The molecule has 1 aromatic heterocycles. The zero-order valence-corrected chi connectivity index (χ0v) is 20.5. The molecule has 9 heteroatoms. The number of aryl methyl sites for hydroxylation is 1. The summed E-state index contributed by atoms with van der Waals surface area (Å²) in [4.78, 5) is 0. The van der Waals surface area contributed by atoms with Crippen LogP contribution in [0, 0.1) is 12.7 Å². The molecule has 0 fully saturated rings. The molecule has 0 saturated heterocycles. The lowest BCUT2D eigenvalue weighted by Crippen LogP contribution is -2.30. The van der Waals surface area contributed by atoms with Crippen molar-refractivity contribution in [1.29, 1.82) is 0 Å². The Bertz CT molecular complexity index is 1110. The van der Waals surface area contributed by atoms with Gasteiger partial charge in [0, 0.05) is 23.3 Å². The molecule has 0 spiro atoms. The van der Waals surface area contributed by atoms with E-state index in [1.807, 2.05) is 45.0 Å². The van der Waals surface area contributed by atoms with Gasteiger partial charge in [-0.1, -0.05) is 23.7 Å². The van der Waals surface area contributed by atoms with E-state index in [1.165, 1.54) is 12.1 Å². The smallest absolute Gasteiger partial charge is 0.172 e. The molecular weight excluding hydrogens is 463 g/mol. The molecule has 0 saturated carbocycles. The number of thiocarbonyl (C=S) groups is 1. The lowest BCUT2D eigenvalue weighted by atomic mass is 10.1. The lowest BCUT2D eigenvalue weighted by molar-refractivity contribution is 0.287. The minimum atomic E-state index is -0.362. The van der Waals surface area contributed by atoms with Crippen LogP contribution in [0.2, 0.25) is 5.02 Å². The Balaban J connectivity index is 1.53. The van der Waals surface area contributed by atoms with Gasteiger partial charge in [-0.25, -0.2) is 4.39 Å². The highest BCUT2D eigenvalue weighted by Crippen LogP contribution is 2.28. The van der Waals surface area contributed by atoms with E-state index in [2.05, 4.69) is 15.7 Å². The van der Waals surface area contributed by atoms with E-state index in [0.717, 1.165) is 34.7 Å². The highest BCUT2D eigenvalue weighted by atomic mass is 35.5. The summed E-state index contributed by atoms with van der Waals surface area (Å²) in [7, 11) is 0. The molecule has 0 aliphatic rings. The molecule has 1 heterocycles. The predicted octanol–water partition coefficient (Wildman–Crippen LogP) is 5.36. The molecule has 0 radical (unpaired) electrons. The Morgan fingerprint density at radius 2 is 1.85 bits per heavy atom. The summed E-state index contributed by atoms with van der Waals surface area (Å²) in [5, 5.41) is 11.7. The fourth-order valence-electron chi connectivity index (χ4n) is 3.27. The molecule has 0 bridgehead atoms. The van der Waals surface area contributed by atoms with Gasteiger partial charge in [-0.15, -0.1) is 0 Å². The van der Waals surface area contributed by atoms with Gasteiger partial charge in [-0.3, -0.25) is 4.68 Å². The SMILES string of the molecule is CCOc1ccc(CCNC(=S)Nc2cc(C)n(Cc3ccc(F)cc3Cl)n2)cc1OCC. The van der Waals surface area contributed by atoms with Crippen LogP contribution in [0.25, 0.3) is 0 Å². The van der Waals surface area contributed by atoms with Crippen molar-refractivity contribution in [2.45, 2.75) is 33.7 Å². The molecule has 176 valence electrons. The molecule has 33 heavy (non-hydrogen) atoms. The minimum Gasteiger partial charge on any atom is -0.490 e. The van der Waals surface area contributed by atoms with E-state index in [1.54, 1.807) is 10.7 Å². The zero-order valence-electron chi connectivity index (χ0n) is 19.0. The number of nitrogens with one attached hydrogen (secondary N) is 2. The van der Waals surface area contributed by atoms with Gasteiger partial charge in [0.2, 0.25) is 0 Å². The average Bonchev–Trinajstić information content (AvgIpc) is 3.10. The van der Waals surface area contributed by atoms with E-state index in [-0.39, 0.29) is 5.82 Å². The first-order valence-corrected chi connectivity index (χ1v) is 11.6. The molecular formula is C24H28ClFN4O2S. The van der Waals surface area contributed by atoms with Gasteiger partial charge in [0.15, 0.2) is 22.4 Å². The van der Waals surface area contributed by atoms with Crippen molar-refractivity contribution >= 4 is 34.7 Å². The maximum Gasteiger partial charge on any atom is 0.172 e. The summed E-state index contributed by atoms with van der Waals surface area (Å²) >= 11 is 11.6. The Hall–Kier alpha value is -2.84. The molecule has 0 atom stereocenters. The van der Waals surface area contributed by atoms with Gasteiger partial charge in [-0.2, -0.15) is 5.10 Å². The summed E-state index contributed by atoms with van der Waals surface area (Å²) in [6, 6.07) is 12.2. The Morgan fingerprint density at radius 3 is 2.58 bits per heavy atom. The second-order valence-electron chi connectivity index (χ2n) is 7.34. The molecule has 6 nitrogen and oxygen atoms in total. The number of ether oxygens (including phenoxy) is 2. The Labute approximate surface area is 204 Å². The van der Waals surface area contributed by atoms with Crippen molar-refractivity contribution in [2.24, 2.45) is 0 Å². The molecule has 3 aromatic rings. The number of halogens is 2. The fourth-order valence-corrected chi connectivity index (χ4v) is 3.71. The summed E-state index contributed by atoms with van der Waals surface area (Å²) < 4.78 is 26.4.